The highest BCUT2D eigenvalue weighted by atomic mass is 79.9. The van der Waals surface area contributed by atoms with Gasteiger partial charge < -0.3 is 10.2 Å². The van der Waals surface area contributed by atoms with Crippen LogP contribution in [-0.4, -0.2) is 35.8 Å². The Labute approximate surface area is 125 Å². The standard InChI is InChI=1S/C13H17BrN2O2S/c1-8-7-11(19-12(8)14)13(18)15-10-3-5-16(6-4-10)9(2)17/h7,10H,3-6H2,1-2H3,(H,15,18). The van der Waals surface area contributed by atoms with E-state index in [2.05, 4.69) is 21.2 Å². The summed E-state index contributed by atoms with van der Waals surface area (Å²) in [5, 5.41) is 3.05. The lowest BCUT2D eigenvalue weighted by Gasteiger charge is -2.31. The number of carbonyl (C=O) groups is 2. The molecule has 0 saturated carbocycles. The van der Waals surface area contributed by atoms with E-state index in [9.17, 15) is 9.59 Å². The number of rotatable bonds is 2. The average Bonchev–Trinajstić information content (AvgIpc) is 2.70. The molecule has 0 aliphatic carbocycles. The van der Waals surface area contributed by atoms with Crippen LogP contribution in [0.3, 0.4) is 0 Å². The fourth-order valence-electron chi connectivity index (χ4n) is 2.17. The highest BCUT2D eigenvalue weighted by Gasteiger charge is 2.23. The van der Waals surface area contributed by atoms with Crippen molar-refractivity contribution in [3.63, 3.8) is 0 Å². The summed E-state index contributed by atoms with van der Waals surface area (Å²) in [6.45, 7) is 5.02. The number of aryl methyl sites for hydroxylation is 1. The minimum absolute atomic E-state index is 0.0138. The molecule has 1 N–H and O–H groups in total. The Morgan fingerprint density at radius 2 is 2.05 bits per heavy atom. The van der Waals surface area contributed by atoms with Crippen LogP contribution in [0.5, 0.6) is 0 Å². The van der Waals surface area contributed by atoms with Crippen LogP contribution < -0.4 is 5.32 Å². The van der Waals surface area contributed by atoms with Gasteiger partial charge in [0.2, 0.25) is 5.91 Å². The molecular weight excluding hydrogens is 328 g/mol. The van der Waals surface area contributed by atoms with Crippen molar-refractivity contribution in [3.8, 4) is 0 Å². The van der Waals surface area contributed by atoms with E-state index in [1.165, 1.54) is 11.3 Å². The Morgan fingerprint density at radius 3 is 2.53 bits per heavy atom. The lowest BCUT2D eigenvalue weighted by atomic mass is 10.0. The maximum absolute atomic E-state index is 12.1. The zero-order valence-corrected chi connectivity index (χ0v) is 13.4. The van der Waals surface area contributed by atoms with Gasteiger partial charge in [-0.1, -0.05) is 0 Å². The normalized spacial score (nSPS) is 16.5. The molecule has 0 aromatic carbocycles. The zero-order chi connectivity index (χ0) is 14.0. The molecule has 0 radical (unpaired) electrons. The van der Waals surface area contributed by atoms with Gasteiger partial charge in [-0.2, -0.15) is 0 Å². The molecule has 1 aromatic rings. The summed E-state index contributed by atoms with van der Waals surface area (Å²) in [6, 6.07) is 2.07. The van der Waals surface area contributed by atoms with E-state index in [4.69, 9.17) is 0 Å². The van der Waals surface area contributed by atoms with Crippen LogP contribution in [0, 0.1) is 6.92 Å². The smallest absolute Gasteiger partial charge is 0.261 e. The monoisotopic (exact) mass is 344 g/mol. The molecule has 2 heterocycles. The summed E-state index contributed by atoms with van der Waals surface area (Å²) in [7, 11) is 0. The molecule has 1 aliphatic heterocycles. The fraction of sp³-hybridized carbons (Fsp3) is 0.538. The maximum atomic E-state index is 12.1. The third-order valence-corrected chi connectivity index (χ3v) is 5.49. The number of thiophene rings is 1. The number of halogens is 1. The largest absolute Gasteiger partial charge is 0.348 e. The third-order valence-electron chi connectivity index (χ3n) is 3.36. The number of amides is 2. The Balaban J connectivity index is 1.89. The summed E-state index contributed by atoms with van der Waals surface area (Å²) < 4.78 is 1.00. The Morgan fingerprint density at radius 1 is 1.42 bits per heavy atom. The first-order valence-corrected chi connectivity index (χ1v) is 7.90. The second-order valence-electron chi connectivity index (χ2n) is 4.82. The average molecular weight is 345 g/mol. The summed E-state index contributed by atoms with van der Waals surface area (Å²) in [6.07, 6.45) is 1.66. The van der Waals surface area contributed by atoms with Gasteiger partial charge >= 0.3 is 0 Å². The van der Waals surface area contributed by atoms with Crippen LogP contribution in [0.25, 0.3) is 0 Å². The number of hydrogen-bond donors (Lipinski definition) is 1. The van der Waals surface area contributed by atoms with Crippen LogP contribution in [0.1, 0.15) is 35.0 Å². The van der Waals surface area contributed by atoms with Crippen LogP contribution in [0.15, 0.2) is 9.85 Å². The van der Waals surface area contributed by atoms with Crippen molar-refractivity contribution in [2.75, 3.05) is 13.1 Å². The summed E-state index contributed by atoms with van der Waals surface area (Å²) in [4.78, 5) is 25.9. The maximum Gasteiger partial charge on any atom is 0.261 e. The topological polar surface area (TPSA) is 49.4 Å². The van der Waals surface area contributed by atoms with Crippen molar-refractivity contribution >= 4 is 39.1 Å². The molecule has 2 amide bonds. The molecule has 1 saturated heterocycles. The molecular formula is C13H17BrN2O2S. The molecule has 4 nitrogen and oxygen atoms in total. The van der Waals surface area contributed by atoms with E-state index in [1.807, 2.05) is 17.9 Å². The van der Waals surface area contributed by atoms with Crippen molar-refractivity contribution in [2.45, 2.75) is 32.7 Å². The van der Waals surface area contributed by atoms with Crippen LogP contribution in [0.2, 0.25) is 0 Å². The summed E-state index contributed by atoms with van der Waals surface area (Å²) in [5.41, 5.74) is 1.08. The van der Waals surface area contributed by atoms with Crippen molar-refractivity contribution in [2.24, 2.45) is 0 Å². The minimum Gasteiger partial charge on any atom is -0.348 e. The number of likely N-dealkylation sites (tertiary alicyclic amines) is 1. The molecule has 0 atom stereocenters. The molecule has 0 unspecified atom stereocenters. The molecule has 1 aromatic heterocycles. The highest BCUT2D eigenvalue weighted by Crippen LogP contribution is 2.27. The number of hydrogen-bond acceptors (Lipinski definition) is 3. The van der Waals surface area contributed by atoms with Crippen molar-refractivity contribution in [3.05, 3.63) is 20.3 Å². The van der Waals surface area contributed by atoms with E-state index in [0.717, 1.165) is 40.2 Å². The predicted octanol–water partition coefficient (Wildman–Crippen LogP) is 2.56. The molecule has 1 aliphatic rings. The van der Waals surface area contributed by atoms with Gasteiger partial charge in [0, 0.05) is 26.1 Å². The predicted molar refractivity (Wildman–Crippen MR) is 79.5 cm³/mol. The van der Waals surface area contributed by atoms with Gasteiger partial charge in [0.1, 0.15) is 0 Å². The SMILES string of the molecule is CC(=O)N1CCC(NC(=O)c2cc(C)c(Br)s2)CC1. The Bertz CT molecular complexity index is 473. The van der Waals surface area contributed by atoms with E-state index >= 15 is 0 Å². The fourth-order valence-corrected chi connectivity index (χ4v) is 3.60. The Kier molecular flexibility index (Phi) is 4.62. The molecule has 19 heavy (non-hydrogen) atoms. The molecule has 0 spiro atoms. The quantitative estimate of drug-likeness (QED) is 0.896. The lowest BCUT2D eigenvalue weighted by molar-refractivity contribution is -0.129. The number of carbonyl (C=O) groups excluding carboxylic acids is 2. The van der Waals surface area contributed by atoms with Crippen molar-refractivity contribution < 1.29 is 9.59 Å². The van der Waals surface area contributed by atoms with E-state index in [-0.39, 0.29) is 17.9 Å². The van der Waals surface area contributed by atoms with Gasteiger partial charge in [-0.05, 0) is 47.3 Å². The van der Waals surface area contributed by atoms with Gasteiger partial charge in [0.05, 0.1) is 8.66 Å². The first-order valence-electron chi connectivity index (χ1n) is 6.29. The van der Waals surface area contributed by atoms with Crippen molar-refractivity contribution in [1.29, 1.82) is 0 Å². The molecule has 6 heteroatoms. The third kappa shape index (κ3) is 3.57. The van der Waals surface area contributed by atoms with Gasteiger partial charge in [-0.25, -0.2) is 0 Å². The number of piperidine rings is 1. The first-order chi connectivity index (χ1) is 8.97. The van der Waals surface area contributed by atoms with E-state index in [0.29, 0.717) is 0 Å². The first kappa shape index (κ1) is 14.5. The number of nitrogens with zero attached hydrogens (tertiary/aromatic N) is 1. The molecule has 1 fully saturated rings. The van der Waals surface area contributed by atoms with Crippen molar-refractivity contribution in [1.82, 2.24) is 10.2 Å². The minimum atomic E-state index is -0.0138. The van der Waals surface area contributed by atoms with Gasteiger partial charge in [-0.15, -0.1) is 11.3 Å². The highest BCUT2D eigenvalue weighted by molar-refractivity contribution is 9.11. The zero-order valence-electron chi connectivity index (χ0n) is 11.0. The second kappa shape index (κ2) is 6.05. The van der Waals surface area contributed by atoms with Crippen LogP contribution in [0.4, 0.5) is 0 Å². The molecule has 0 bridgehead atoms. The second-order valence-corrected chi connectivity index (χ2v) is 7.19. The lowest BCUT2D eigenvalue weighted by Crippen LogP contribution is -2.45. The van der Waals surface area contributed by atoms with Crippen LogP contribution in [-0.2, 0) is 4.79 Å². The van der Waals surface area contributed by atoms with Gasteiger partial charge in [0.15, 0.2) is 0 Å². The summed E-state index contributed by atoms with van der Waals surface area (Å²) in [5.74, 6) is 0.0997. The van der Waals surface area contributed by atoms with Gasteiger partial charge in [0.25, 0.3) is 5.91 Å². The van der Waals surface area contributed by atoms with E-state index < -0.39 is 0 Å². The van der Waals surface area contributed by atoms with Gasteiger partial charge in [-0.3, -0.25) is 9.59 Å². The summed E-state index contributed by atoms with van der Waals surface area (Å²) >= 11 is 4.88. The molecule has 2 rings (SSSR count). The Hall–Kier alpha value is -0.880. The molecule has 104 valence electrons. The number of nitrogens with one attached hydrogen (secondary N) is 1. The van der Waals surface area contributed by atoms with Crippen LogP contribution >= 0.6 is 27.3 Å². The van der Waals surface area contributed by atoms with E-state index in [1.54, 1.807) is 6.92 Å².